The lowest BCUT2D eigenvalue weighted by Gasteiger charge is -2.35. The number of rotatable bonds is 4. The molecule has 2 heterocycles. The fourth-order valence-electron chi connectivity index (χ4n) is 3.10. The van der Waals surface area contributed by atoms with Gasteiger partial charge in [-0.3, -0.25) is 4.90 Å². The third-order valence-electron chi connectivity index (χ3n) is 4.29. The van der Waals surface area contributed by atoms with Gasteiger partial charge in [0.2, 0.25) is 0 Å². The van der Waals surface area contributed by atoms with Crippen molar-refractivity contribution in [2.24, 2.45) is 5.73 Å². The van der Waals surface area contributed by atoms with Gasteiger partial charge in [-0.05, 0) is 50.4 Å². The van der Waals surface area contributed by atoms with Crippen LogP contribution in [0.25, 0.3) is 0 Å². The molecule has 0 aromatic carbocycles. The van der Waals surface area contributed by atoms with Crippen LogP contribution in [0, 0.1) is 0 Å². The Hall–Kier alpha value is -1.13. The third-order valence-corrected chi connectivity index (χ3v) is 4.29. The lowest BCUT2D eigenvalue weighted by molar-refractivity contribution is 0.256. The molecular formula is C15H24N4. The number of pyridine rings is 1. The number of piperazine rings is 1. The van der Waals surface area contributed by atoms with Crippen molar-refractivity contribution in [3.05, 3.63) is 23.4 Å². The molecule has 19 heavy (non-hydrogen) atoms. The van der Waals surface area contributed by atoms with Gasteiger partial charge in [0, 0.05) is 31.9 Å². The lowest BCUT2D eigenvalue weighted by atomic mass is 10.2. The number of fused-ring (bicyclic) bond motifs is 1. The Bertz CT molecular complexity index is 424. The molecule has 4 nitrogen and oxygen atoms in total. The summed E-state index contributed by atoms with van der Waals surface area (Å²) in [7, 11) is 0. The van der Waals surface area contributed by atoms with Gasteiger partial charge in [0.25, 0.3) is 0 Å². The number of aryl methyl sites for hydroxylation is 2. The Morgan fingerprint density at radius 2 is 1.95 bits per heavy atom. The molecule has 0 unspecified atom stereocenters. The maximum atomic E-state index is 5.57. The van der Waals surface area contributed by atoms with E-state index in [2.05, 4.69) is 21.9 Å². The Morgan fingerprint density at radius 1 is 1.11 bits per heavy atom. The zero-order valence-corrected chi connectivity index (χ0v) is 11.6. The van der Waals surface area contributed by atoms with Gasteiger partial charge in [0.1, 0.15) is 5.82 Å². The smallest absolute Gasteiger partial charge is 0.128 e. The summed E-state index contributed by atoms with van der Waals surface area (Å²) in [6.07, 6.45) is 4.77. The average molecular weight is 260 g/mol. The SMILES string of the molecule is NCCCN1CCN(c2ccc3c(n2)CCC3)CC1. The molecule has 0 radical (unpaired) electrons. The minimum absolute atomic E-state index is 0.798. The molecule has 0 spiro atoms. The molecule has 0 amide bonds. The lowest BCUT2D eigenvalue weighted by Crippen LogP contribution is -2.47. The summed E-state index contributed by atoms with van der Waals surface area (Å²) in [5.74, 6) is 1.18. The highest BCUT2D eigenvalue weighted by molar-refractivity contribution is 5.43. The fraction of sp³-hybridized carbons (Fsp3) is 0.667. The number of hydrogen-bond acceptors (Lipinski definition) is 4. The molecule has 0 atom stereocenters. The van der Waals surface area contributed by atoms with Crippen molar-refractivity contribution in [2.75, 3.05) is 44.2 Å². The molecule has 2 N–H and O–H groups in total. The Labute approximate surface area is 115 Å². The minimum atomic E-state index is 0.798. The maximum absolute atomic E-state index is 5.57. The van der Waals surface area contributed by atoms with E-state index in [4.69, 9.17) is 10.7 Å². The summed E-state index contributed by atoms with van der Waals surface area (Å²) >= 11 is 0. The van der Waals surface area contributed by atoms with Crippen LogP contribution in [-0.2, 0) is 12.8 Å². The second-order valence-electron chi connectivity index (χ2n) is 5.60. The van der Waals surface area contributed by atoms with Crippen molar-refractivity contribution in [2.45, 2.75) is 25.7 Å². The predicted octanol–water partition coefficient (Wildman–Crippen LogP) is 1.04. The second kappa shape index (κ2) is 5.88. The normalized spacial score (nSPS) is 19.7. The molecule has 1 aromatic heterocycles. The molecule has 1 aromatic rings. The van der Waals surface area contributed by atoms with Gasteiger partial charge in [-0.15, -0.1) is 0 Å². The van der Waals surface area contributed by atoms with Crippen LogP contribution in [0.5, 0.6) is 0 Å². The quantitative estimate of drug-likeness (QED) is 0.878. The standard InChI is InChI=1S/C15H24N4/c16-7-2-8-18-9-11-19(12-10-18)15-6-5-13-3-1-4-14(13)17-15/h5-6H,1-4,7-12,16H2. The second-order valence-corrected chi connectivity index (χ2v) is 5.60. The minimum Gasteiger partial charge on any atom is -0.354 e. The van der Waals surface area contributed by atoms with E-state index in [0.29, 0.717) is 0 Å². The molecule has 2 aliphatic rings. The molecular weight excluding hydrogens is 236 g/mol. The summed E-state index contributed by atoms with van der Waals surface area (Å²) in [5, 5.41) is 0. The Balaban J connectivity index is 1.59. The van der Waals surface area contributed by atoms with Crippen LogP contribution in [0.3, 0.4) is 0 Å². The zero-order chi connectivity index (χ0) is 13.1. The summed E-state index contributed by atoms with van der Waals surface area (Å²) in [4.78, 5) is 9.79. The molecule has 3 rings (SSSR count). The molecule has 4 heteroatoms. The average Bonchev–Trinajstić information content (AvgIpc) is 2.93. The van der Waals surface area contributed by atoms with E-state index in [1.807, 2.05) is 0 Å². The first-order chi connectivity index (χ1) is 9.36. The maximum Gasteiger partial charge on any atom is 0.128 e. The topological polar surface area (TPSA) is 45.4 Å². The van der Waals surface area contributed by atoms with E-state index < -0.39 is 0 Å². The summed E-state index contributed by atoms with van der Waals surface area (Å²) < 4.78 is 0. The number of nitrogens with two attached hydrogens (primary N) is 1. The zero-order valence-electron chi connectivity index (χ0n) is 11.6. The largest absolute Gasteiger partial charge is 0.354 e. The van der Waals surface area contributed by atoms with Crippen molar-refractivity contribution in [3.63, 3.8) is 0 Å². The number of hydrogen-bond donors (Lipinski definition) is 1. The summed E-state index contributed by atoms with van der Waals surface area (Å²) in [6, 6.07) is 4.49. The monoisotopic (exact) mass is 260 g/mol. The molecule has 1 fully saturated rings. The molecule has 0 bridgehead atoms. The van der Waals surface area contributed by atoms with E-state index in [-0.39, 0.29) is 0 Å². The highest BCUT2D eigenvalue weighted by Crippen LogP contribution is 2.23. The van der Waals surface area contributed by atoms with E-state index in [9.17, 15) is 0 Å². The molecule has 1 saturated heterocycles. The summed E-state index contributed by atoms with van der Waals surface area (Å²) in [6.45, 7) is 6.40. The third kappa shape index (κ3) is 2.90. The van der Waals surface area contributed by atoms with Crippen LogP contribution in [0.4, 0.5) is 5.82 Å². The van der Waals surface area contributed by atoms with Crippen molar-refractivity contribution < 1.29 is 0 Å². The van der Waals surface area contributed by atoms with Gasteiger partial charge in [-0.1, -0.05) is 6.07 Å². The summed E-state index contributed by atoms with van der Waals surface area (Å²) in [5.41, 5.74) is 8.37. The molecule has 104 valence electrons. The molecule has 1 aliphatic carbocycles. The first-order valence-electron chi connectivity index (χ1n) is 7.53. The van der Waals surface area contributed by atoms with Gasteiger partial charge < -0.3 is 10.6 Å². The van der Waals surface area contributed by atoms with Gasteiger partial charge in [0.05, 0.1) is 0 Å². The molecule has 0 saturated carbocycles. The predicted molar refractivity (Wildman–Crippen MR) is 78.6 cm³/mol. The van der Waals surface area contributed by atoms with Crippen LogP contribution in [0.15, 0.2) is 12.1 Å². The van der Waals surface area contributed by atoms with Crippen LogP contribution >= 0.6 is 0 Å². The number of aromatic nitrogens is 1. The van der Waals surface area contributed by atoms with Crippen LogP contribution < -0.4 is 10.6 Å². The first kappa shape index (κ1) is 12.9. The van der Waals surface area contributed by atoms with Crippen LogP contribution in [0.1, 0.15) is 24.1 Å². The number of nitrogens with zero attached hydrogens (tertiary/aromatic N) is 3. The van der Waals surface area contributed by atoms with E-state index in [1.165, 1.54) is 36.3 Å². The van der Waals surface area contributed by atoms with Gasteiger partial charge in [0.15, 0.2) is 0 Å². The fourth-order valence-corrected chi connectivity index (χ4v) is 3.10. The van der Waals surface area contributed by atoms with Gasteiger partial charge >= 0.3 is 0 Å². The van der Waals surface area contributed by atoms with Crippen molar-refractivity contribution in [3.8, 4) is 0 Å². The Kier molecular flexibility index (Phi) is 3.99. The first-order valence-corrected chi connectivity index (χ1v) is 7.53. The van der Waals surface area contributed by atoms with Crippen molar-refractivity contribution >= 4 is 5.82 Å². The van der Waals surface area contributed by atoms with Crippen LogP contribution in [-0.4, -0.2) is 49.2 Å². The highest BCUT2D eigenvalue weighted by atomic mass is 15.3. The van der Waals surface area contributed by atoms with Crippen molar-refractivity contribution in [1.82, 2.24) is 9.88 Å². The molecule has 1 aliphatic heterocycles. The van der Waals surface area contributed by atoms with Gasteiger partial charge in [-0.25, -0.2) is 4.98 Å². The van der Waals surface area contributed by atoms with E-state index in [1.54, 1.807) is 0 Å². The van der Waals surface area contributed by atoms with E-state index in [0.717, 1.165) is 45.7 Å². The van der Waals surface area contributed by atoms with Crippen molar-refractivity contribution in [1.29, 1.82) is 0 Å². The van der Waals surface area contributed by atoms with E-state index >= 15 is 0 Å². The Morgan fingerprint density at radius 3 is 2.74 bits per heavy atom. The number of anilines is 1. The van der Waals surface area contributed by atoms with Gasteiger partial charge in [-0.2, -0.15) is 0 Å². The van der Waals surface area contributed by atoms with Crippen LogP contribution in [0.2, 0.25) is 0 Å². The highest BCUT2D eigenvalue weighted by Gasteiger charge is 2.19.